The maximum absolute atomic E-state index is 12.3. The van der Waals surface area contributed by atoms with Crippen molar-refractivity contribution >= 4 is 17.9 Å². The van der Waals surface area contributed by atoms with Crippen LogP contribution in [-0.2, 0) is 15.9 Å². The lowest BCUT2D eigenvalue weighted by atomic mass is 9.98. The first kappa shape index (κ1) is 25.0. The number of rotatable bonds is 6. The van der Waals surface area contributed by atoms with Crippen LogP contribution >= 0.6 is 0 Å². The van der Waals surface area contributed by atoms with Crippen molar-refractivity contribution in [1.82, 2.24) is 10.2 Å². The largest absolute Gasteiger partial charge is 0.444 e. The second-order valence-electron chi connectivity index (χ2n) is 10.2. The van der Waals surface area contributed by atoms with Gasteiger partial charge in [-0.25, -0.2) is 9.59 Å². The number of nitrogens with zero attached hydrogens (tertiary/aromatic N) is 1. The highest BCUT2D eigenvalue weighted by Crippen LogP contribution is 2.19. The van der Waals surface area contributed by atoms with Gasteiger partial charge in [-0.15, -0.1) is 0 Å². The van der Waals surface area contributed by atoms with Crippen molar-refractivity contribution in [2.75, 3.05) is 31.5 Å². The Kier molecular flexibility index (Phi) is 8.74. The summed E-state index contributed by atoms with van der Waals surface area (Å²) in [6.07, 6.45) is 2.37. The van der Waals surface area contributed by atoms with Crippen LogP contribution in [0.5, 0.6) is 0 Å². The van der Waals surface area contributed by atoms with E-state index in [1.807, 2.05) is 70.7 Å². The fraction of sp³-hybridized carbons (Fsp3) is 0.667. The summed E-state index contributed by atoms with van der Waals surface area (Å²) >= 11 is 0. The zero-order chi connectivity index (χ0) is 23.1. The maximum Gasteiger partial charge on any atom is 0.412 e. The molecule has 0 radical (unpaired) electrons. The minimum absolute atomic E-state index is 0.211. The molecule has 31 heavy (non-hydrogen) atoms. The number of piperidine rings is 1. The number of anilines is 1. The molecule has 1 aromatic rings. The molecule has 7 heteroatoms. The lowest BCUT2D eigenvalue weighted by Crippen LogP contribution is -2.45. The number of likely N-dealkylation sites (tertiary alicyclic amines) is 1. The first-order chi connectivity index (χ1) is 14.4. The van der Waals surface area contributed by atoms with Crippen LogP contribution in [0, 0.1) is 5.92 Å². The highest BCUT2D eigenvalue weighted by Gasteiger charge is 2.27. The van der Waals surface area contributed by atoms with E-state index >= 15 is 0 Å². The lowest BCUT2D eigenvalue weighted by Gasteiger charge is -2.34. The normalized spacial score (nSPS) is 17.2. The molecular weight excluding hydrogens is 394 g/mol. The van der Waals surface area contributed by atoms with Gasteiger partial charge in [0, 0.05) is 18.8 Å². The molecule has 7 nitrogen and oxygen atoms in total. The summed E-state index contributed by atoms with van der Waals surface area (Å²) in [6, 6.07) is 7.80. The molecule has 0 saturated carbocycles. The number of ether oxygens (including phenoxy) is 2. The summed E-state index contributed by atoms with van der Waals surface area (Å²) < 4.78 is 10.8. The molecule has 174 valence electrons. The maximum atomic E-state index is 12.3. The third-order valence-corrected chi connectivity index (χ3v) is 4.79. The quantitative estimate of drug-likeness (QED) is 0.629. The number of nitrogens with one attached hydrogen (secondary N) is 2. The average molecular weight is 434 g/mol. The number of hydrogen-bond acceptors (Lipinski definition) is 5. The van der Waals surface area contributed by atoms with Gasteiger partial charge >= 0.3 is 12.2 Å². The second kappa shape index (κ2) is 10.8. The van der Waals surface area contributed by atoms with Gasteiger partial charge in [0.05, 0.1) is 0 Å². The predicted octanol–water partition coefficient (Wildman–Crippen LogP) is 4.81. The lowest BCUT2D eigenvalue weighted by molar-refractivity contribution is 0.0166. The van der Waals surface area contributed by atoms with Crippen molar-refractivity contribution < 1.29 is 19.1 Å². The molecule has 2 rings (SSSR count). The third-order valence-electron chi connectivity index (χ3n) is 4.79. The molecule has 1 heterocycles. The summed E-state index contributed by atoms with van der Waals surface area (Å²) in [6.45, 7) is 14.5. The standard InChI is InChI=1S/C24H39N3O4/c1-23(2,3)30-21(28)26-20-11-9-18(10-12-20)13-14-25-16-19-8-7-15-27(17-19)22(29)31-24(4,5)6/h9-12,19,25H,7-8,13-17H2,1-6H3,(H,26,28). The van der Waals surface area contributed by atoms with Crippen LogP contribution in [0.2, 0.25) is 0 Å². The molecule has 1 atom stereocenters. The number of amides is 2. The Hall–Kier alpha value is -2.28. The van der Waals surface area contributed by atoms with E-state index in [0.717, 1.165) is 51.1 Å². The Morgan fingerprint density at radius 2 is 1.68 bits per heavy atom. The minimum atomic E-state index is -0.516. The molecule has 0 aliphatic carbocycles. The SMILES string of the molecule is CC(C)(C)OC(=O)Nc1ccc(CCNCC2CCCN(C(=O)OC(C)(C)C)C2)cc1. The molecule has 1 aromatic carbocycles. The Morgan fingerprint density at radius 3 is 2.29 bits per heavy atom. The van der Waals surface area contributed by atoms with Crippen molar-refractivity contribution in [1.29, 1.82) is 0 Å². The second-order valence-corrected chi connectivity index (χ2v) is 10.2. The van der Waals surface area contributed by atoms with E-state index in [4.69, 9.17) is 9.47 Å². The number of hydrogen-bond donors (Lipinski definition) is 2. The molecule has 0 aromatic heterocycles. The minimum Gasteiger partial charge on any atom is -0.444 e. The Bertz CT molecular complexity index is 720. The van der Waals surface area contributed by atoms with E-state index in [-0.39, 0.29) is 6.09 Å². The van der Waals surface area contributed by atoms with Crippen LogP contribution in [0.25, 0.3) is 0 Å². The van der Waals surface area contributed by atoms with Crippen LogP contribution in [0.1, 0.15) is 59.9 Å². The monoisotopic (exact) mass is 433 g/mol. The number of carbonyl (C=O) groups is 2. The van der Waals surface area contributed by atoms with E-state index in [0.29, 0.717) is 5.92 Å². The summed E-state index contributed by atoms with van der Waals surface area (Å²) in [5.74, 6) is 0.446. The van der Waals surface area contributed by atoms with Crippen molar-refractivity contribution in [3.05, 3.63) is 29.8 Å². The van der Waals surface area contributed by atoms with Gasteiger partial charge in [-0.2, -0.15) is 0 Å². The Morgan fingerprint density at radius 1 is 1.03 bits per heavy atom. The van der Waals surface area contributed by atoms with Crippen LogP contribution < -0.4 is 10.6 Å². The van der Waals surface area contributed by atoms with E-state index in [2.05, 4.69) is 10.6 Å². The molecule has 1 aliphatic heterocycles. The molecule has 1 unspecified atom stereocenters. The van der Waals surface area contributed by atoms with Gasteiger partial charge in [0.1, 0.15) is 11.2 Å². The first-order valence-corrected chi connectivity index (χ1v) is 11.2. The molecule has 0 spiro atoms. The summed E-state index contributed by atoms with van der Waals surface area (Å²) in [7, 11) is 0. The first-order valence-electron chi connectivity index (χ1n) is 11.2. The molecule has 1 saturated heterocycles. The van der Waals surface area contributed by atoms with Crippen molar-refractivity contribution in [3.8, 4) is 0 Å². The van der Waals surface area contributed by atoms with Crippen LogP contribution in [0.15, 0.2) is 24.3 Å². The van der Waals surface area contributed by atoms with Crippen LogP contribution in [0.4, 0.5) is 15.3 Å². The van der Waals surface area contributed by atoms with Crippen molar-refractivity contribution in [2.24, 2.45) is 5.92 Å². The predicted molar refractivity (Wildman–Crippen MR) is 123 cm³/mol. The Labute approximate surface area is 186 Å². The van der Waals surface area contributed by atoms with Gasteiger partial charge in [0.2, 0.25) is 0 Å². The highest BCUT2D eigenvalue weighted by atomic mass is 16.6. The smallest absolute Gasteiger partial charge is 0.412 e. The molecule has 2 amide bonds. The number of carbonyl (C=O) groups excluding carboxylic acids is 2. The molecule has 0 bridgehead atoms. The van der Waals surface area contributed by atoms with Gasteiger partial charge in [-0.3, -0.25) is 5.32 Å². The van der Waals surface area contributed by atoms with E-state index in [1.165, 1.54) is 5.56 Å². The number of benzene rings is 1. The fourth-order valence-corrected chi connectivity index (χ4v) is 3.44. The van der Waals surface area contributed by atoms with E-state index in [9.17, 15) is 9.59 Å². The average Bonchev–Trinajstić information content (AvgIpc) is 2.64. The molecule has 1 fully saturated rings. The third kappa shape index (κ3) is 10.0. The molecular formula is C24H39N3O4. The van der Waals surface area contributed by atoms with Crippen molar-refractivity contribution in [3.63, 3.8) is 0 Å². The van der Waals surface area contributed by atoms with E-state index < -0.39 is 17.3 Å². The fourth-order valence-electron chi connectivity index (χ4n) is 3.44. The Balaban J connectivity index is 1.69. The highest BCUT2D eigenvalue weighted by molar-refractivity contribution is 5.84. The topological polar surface area (TPSA) is 79.9 Å². The summed E-state index contributed by atoms with van der Waals surface area (Å²) in [5.41, 5.74) is 0.940. The van der Waals surface area contributed by atoms with Crippen LogP contribution in [0.3, 0.4) is 0 Å². The summed E-state index contributed by atoms with van der Waals surface area (Å²) in [4.78, 5) is 25.9. The van der Waals surface area contributed by atoms with Gasteiger partial charge in [0.25, 0.3) is 0 Å². The van der Waals surface area contributed by atoms with Crippen molar-refractivity contribution in [2.45, 2.75) is 72.0 Å². The van der Waals surface area contributed by atoms with Gasteiger partial charge in [-0.05, 0) is 97.5 Å². The van der Waals surface area contributed by atoms with Gasteiger partial charge in [0.15, 0.2) is 0 Å². The summed E-state index contributed by atoms with van der Waals surface area (Å²) in [5, 5.41) is 6.26. The molecule has 1 aliphatic rings. The van der Waals surface area contributed by atoms with Gasteiger partial charge in [-0.1, -0.05) is 12.1 Å². The zero-order valence-electron chi connectivity index (χ0n) is 19.9. The molecule has 2 N–H and O–H groups in total. The van der Waals surface area contributed by atoms with Gasteiger partial charge < -0.3 is 19.7 Å². The van der Waals surface area contributed by atoms with Crippen LogP contribution in [-0.4, -0.2) is 54.5 Å². The zero-order valence-corrected chi connectivity index (χ0v) is 19.9. The van der Waals surface area contributed by atoms with E-state index in [1.54, 1.807) is 0 Å².